The number of halogens is 1. The van der Waals surface area contributed by atoms with Gasteiger partial charge in [-0.1, -0.05) is 78.3 Å². The molecule has 0 aliphatic rings. The largest absolute Gasteiger partial charge is 0.206 e. The Bertz CT molecular complexity index is 978. The summed E-state index contributed by atoms with van der Waals surface area (Å²) in [6.45, 7) is 0.562. The van der Waals surface area contributed by atoms with Crippen molar-refractivity contribution in [2.24, 2.45) is 0 Å². The highest BCUT2D eigenvalue weighted by atomic mass is 35.5. The van der Waals surface area contributed by atoms with Crippen LogP contribution in [0.3, 0.4) is 0 Å². The Labute approximate surface area is 150 Å². The van der Waals surface area contributed by atoms with Gasteiger partial charge in [-0.05, 0) is 34.0 Å². The molecule has 0 fully saturated rings. The van der Waals surface area contributed by atoms with Crippen LogP contribution in [0.4, 0.5) is 0 Å². The van der Waals surface area contributed by atoms with Crippen LogP contribution in [0.25, 0.3) is 22.5 Å². The third kappa shape index (κ3) is 3.44. The minimum Gasteiger partial charge on any atom is -0.159 e. The van der Waals surface area contributed by atoms with Gasteiger partial charge in [-0.25, -0.2) is 0 Å². The number of aromatic nitrogens is 4. The van der Waals surface area contributed by atoms with Crippen molar-refractivity contribution in [1.82, 2.24) is 20.2 Å². The fourth-order valence-corrected chi connectivity index (χ4v) is 2.88. The van der Waals surface area contributed by atoms with Gasteiger partial charge in [0.1, 0.15) is 0 Å². The van der Waals surface area contributed by atoms with Crippen LogP contribution < -0.4 is 0 Å². The van der Waals surface area contributed by atoms with Gasteiger partial charge < -0.3 is 0 Å². The maximum Gasteiger partial charge on any atom is 0.206 e. The zero-order chi connectivity index (χ0) is 17.1. The summed E-state index contributed by atoms with van der Waals surface area (Å²) in [6, 6.07) is 26.2. The summed E-state index contributed by atoms with van der Waals surface area (Å²) in [5.74, 6) is 0.534. The van der Waals surface area contributed by atoms with Crippen LogP contribution >= 0.6 is 11.6 Å². The maximum absolute atomic E-state index is 6.19. The van der Waals surface area contributed by atoms with E-state index in [0.29, 0.717) is 17.4 Å². The van der Waals surface area contributed by atoms with Gasteiger partial charge in [0.05, 0.1) is 11.6 Å². The van der Waals surface area contributed by atoms with Crippen LogP contribution in [0.2, 0.25) is 5.02 Å². The molecule has 4 nitrogen and oxygen atoms in total. The van der Waals surface area contributed by atoms with Gasteiger partial charge in [-0.3, -0.25) is 0 Å². The summed E-state index contributed by atoms with van der Waals surface area (Å²) in [6.07, 6.45) is 0. The summed E-state index contributed by atoms with van der Waals surface area (Å²) < 4.78 is 0. The second kappa shape index (κ2) is 6.87. The number of nitrogens with zero attached hydrogens (tertiary/aromatic N) is 4. The Morgan fingerprint density at radius 2 is 1.44 bits per heavy atom. The maximum atomic E-state index is 6.19. The molecule has 0 N–H and O–H groups in total. The van der Waals surface area contributed by atoms with E-state index in [1.807, 2.05) is 42.5 Å². The molecule has 1 heterocycles. The molecular weight excluding hydrogens is 332 g/mol. The van der Waals surface area contributed by atoms with Crippen LogP contribution in [-0.2, 0) is 6.54 Å². The Morgan fingerprint density at radius 3 is 2.20 bits per heavy atom. The lowest BCUT2D eigenvalue weighted by molar-refractivity contribution is 0.573. The number of benzene rings is 3. The molecule has 122 valence electrons. The summed E-state index contributed by atoms with van der Waals surface area (Å²) >= 11 is 6.19. The first kappa shape index (κ1) is 15.5. The predicted molar refractivity (Wildman–Crippen MR) is 99.2 cm³/mol. The molecule has 4 rings (SSSR count). The fourth-order valence-electron chi connectivity index (χ4n) is 2.66. The average molecular weight is 347 g/mol. The normalized spacial score (nSPS) is 10.8. The van der Waals surface area contributed by atoms with Crippen LogP contribution in [0.1, 0.15) is 5.56 Å². The van der Waals surface area contributed by atoms with E-state index < -0.39 is 0 Å². The molecule has 1 aromatic heterocycles. The average Bonchev–Trinajstić information content (AvgIpc) is 3.12. The molecule has 4 aromatic rings. The predicted octanol–water partition coefficient (Wildman–Crippen LogP) is 4.71. The van der Waals surface area contributed by atoms with E-state index in [0.717, 1.165) is 11.1 Å². The third-order valence-corrected chi connectivity index (χ3v) is 4.28. The quantitative estimate of drug-likeness (QED) is 0.537. The molecule has 0 bridgehead atoms. The first-order valence-electron chi connectivity index (χ1n) is 7.97. The molecule has 0 saturated heterocycles. The van der Waals surface area contributed by atoms with Crippen LogP contribution in [0.5, 0.6) is 0 Å². The summed E-state index contributed by atoms with van der Waals surface area (Å²) in [7, 11) is 0. The standard InChI is InChI=1S/C20H15ClN4/c21-19-9-5-4-8-18(19)20-22-24-25(23-20)14-15-10-12-17(13-11-15)16-6-2-1-3-7-16/h1-13H,14H2. The molecule has 0 spiro atoms. The summed E-state index contributed by atoms with van der Waals surface area (Å²) in [5.41, 5.74) is 4.29. The lowest BCUT2D eigenvalue weighted by atomic mass is 10.0. The molecule has 0 aliphatic carbocycles. The lowest BCUT2D eigenvalue weighted by Crippen LogP contribution is -2.03. The molecule has 0 amide bonds. The van der Waals surface area contributed by atoms with Crippen molar-refractivity contribution in [1.29, 1.82) is 0 Å². The van der Waals surface area contributed by atoms with Crippen LogP contribution in [-0.4, -0.2) is 20.2 Å². The van der Waals surface area contributed by atoms with E-state index >= 15 is 0 Å². The van der Waals surface area contributed by atoms with Gasteiger partial charge >= 0.3 is 0 Å². The van der Waals surface area contributed by atoms with E-state index in [1.165, 1.54) is 11.1 Å². The highest BCUT2D eigenvalue weighted by Gasteiger charge is 2.09. The van der Waals surface area contributed by atoms with E-state index in [9.17, 15) is 0 Å². The smallest absolute Gasteiger partial charge is 0.159 e. The lowest BCUT2D eigenvalue weighted by Gasteiger charge is -2.04. The Balaban J connectivity index is 1.52. The van der Waals surface area contributed by atoms with Crippen LogP contribution in [0.15, 0.2) is 78.9 Å². The van der Waals surface area contributed by atoms with Crippen molar-refractivity contribution >= 4 is 11.6 Å². The van der Waals surface area contributed by atoms with Gasteiger partial charge in [0.2, 0.25) is 5.82 Å². The second-order valence-electron chi connectivity index (χ2n) is 5.69. The zero-order valence-corrected chi connectivity index (χ0v) is 14.1. The number of hydrogen-bond acceptors (Lipinski definition) is 3. The number of tetrazole rings is 1. The van der Waals surface area contributed by atoms with E-state index in [1.54, 1.807) is 4.80 Å². The van der Waals surface area contributed by atoms with E-state index in [4.69, 9.17) is 11.6 Å². The van der Waals surface area contributed by atoms with Crippen molar-refractivity contribution in [3.05, 3.63) is 89.4 Å². The monoisotopic (exact) mass is 346 g/mol. The minimum atomic E-state index is 0.534. The van der Waals surface area contributed by atoms with Crippen LogP contribution in [0, 0.1) is 0 Å². The number of hydrogen-bond donors (Lipinski definition) is 0. The molecule has 0 aliphatic heterocycles. The highest BCUT2D eigenvalue weighted by Crippen LogP contribution is 2.24. The van der Waals surface area contributed by atoms with Crippen molar-refractivity contribution < 1.29 is 0 Å². The molecular formula is C20H15ClN4. The molecule has 0 radical (unpaired) electrons. The van der Waals surface area contributed by atoms with Crippen molar-refractivity contribution in [3.63, 3.8) is 0 Å². The first-order chi connectivity index (χ1) is 12.3. The Kier molecular flexibility index (Phi) is 4.27. The van der Waals surface area contributed by atoms with Gasteiger partial charge in [0, 0.05) is 5.56 Å². The van der Waals surface area contributed by atoms with Gasteiger partial charge in [0.25, 0.3) is 0 Å². The highest BCUT2D eigenvalue weighted by molar-refractivity contribution is 6.33. The Morgan fingerprint density at radius 1 is 0.760 bits per heavy atom. The summed E-state index contributed by atoms with van der Waals surface area (Å²) in [5, 5.41) is 13.3. The van der Waals surface area contributed by atoms with Crippen molar-refractivity contribution in [2.45, 2.75) is 6.54 Å². The molecule has 3 aromatic carbocycles. The molecule has 5 heteroatoms. The second-order valence-corrected chi connectivity index (χ2v) is 6.09. The fraction of sp³-hybridized carbons (Fsp3) is 0.0500. The van der Waals surface area contributed by atoms with Gasteiger partial charge in [-0.15, -0.1) is 10.2 Å². The van der Waals surface area contributed by atoms with Crippen molar-refractivity contribution in [3.8, 4) is 22.5 Å². The molecule has 0 unspecified atom stereocenters. The van der Waals surface area contributed by atoms with E-state index in [-0.39, 0.29) is 0 Å². The Hall–Kier alpha value is -2.98. The number of rotatable bonds is 4. The minimum absolute atomic E-state index is 0.534. The summed E-state index contributed by atoms with van der Waals surface area (Å²) in [4.78, 5) is 1.58. The first-order valence-corrected chi connectivity index (χ1v) is 8.34. The third-order valence-electron chi connectivity index (χ3n) is 3.95. The van der Waals surface area contributed by atoms with E-state index in [2.05, 4.69) is 51.8 Å². The van der Waals surface area contributed by atoms with Crippen molar-refractivity contribution in [2.75, 3.05) is 0 Å². The van der Waals surface area contributed by atoms with Gasteiger partial charge in [-0.2, -0.15) is 4.80 Å². The topological polar surface area (TPSA) is 43.6 Å². The molecule has 25 heavy (non-hydrogen) atoms. The molecule has 0 atom stereocenters. The SMILES string of the molecule is Clc1ccccc1-c1nnn(Cc2ccc(-c3ccccc3)cc2)n1. The molecule has 0 saturated carbocycles. The zero-order valence-electron chi connectivity index (χ0n) is 13.4. The van der Waals surface area contributed by atoms with Gasteiger partial charge in [0.15, 0.2) is 0 Å².